The minimum absolute atomic E-state index is 0.168. The average Bonchev–Trinajstić information content (AvgIpc) is 3.15. The van der Waals surface area contributed by atoms with Crippen LogP contribution >= 0.6 is 0 Å². The van der Waals surface area contributed by atoms with Crippen LogP contribution in [0.4, 0.5) is 13.2 Å². The van der Waals surface area contributed by atoms with E-state index in [2.05, 4.69) is 16.0 Å². The Balaban J connectivity index is 1.74. The maximum absolute atomic E-state index is 13.2. The third-order valence-corrected chi connectivity index (χ3v) is 6.59. The molecule has 1 aliphatic heterocycles. The minimum atomic E-state index is -4.53. The van der Waals surface area contributed by atoms with Gasteiger partial charge in [0.05, 0.1) is 30.0 Å². The Morgan fingerprint density at radius 1 is 0.975 bits per heavy atom. The lowest BCUT2D eigenvalue weighted by atomic mass is 9.85. The van der Waals surface area contributed by atoms with Gasteiger partial charge in [-0.2, -0.15) is 13.2 Å². The zero-order chi connectivity index (χ0) is 29.6. The van der Waals surface area contributed by atoms with E-state index in [1.807, 2.05) is 0 Å². The summed E-state index contributed by atoms with van der Waals surface area (Å²) in [7, 11) is 0. The molecular weight excluding hydrogens is 527 g/mol. The lowest BCUT2D eigenvalue weighted by Crippen LogP contribution is -2.49. The Hall–Kier alpha value is -4.28. The third kappa shape index (κ3) is 7.64. The van der Waals surface area contributed by atoms with Gasteiger partial charge in [0.1, 0.15) is 5.92 Å². The van der Waals surface area contributed by atoms with Gasteiger partial charge in [0.15, 0.2) is 5.78 Å². The van der Waals surface area contributed by atoms with Crippen LogP contribution in [0.1, 0.15) is 49.9 Å². The van der Waals surface area contributed by atoms with Gasteiger partial charge in [0.25, 0.3) is 0 Å². The highest BCUT2D eigenvalue weighted by Gasteiger charge is 2.46. The number of imide groups is 1. The highest BCUT2D eigenvalue weighted by Crippen LogP contribution is 2.30. The zero-order valence-corrected chi connectivity index (χ0v) is 22.1. The highest BCUT2D eigenvalue weighted by atomic mass is 19.4. The van der Waals surface area contributed by atoms with Crippen molar-refractivity contribution in [2.45, 2.75) is 45.5 Å². The van der Waals surface area contributed by atoms with E-state index in [-0.39, 0.29) is 12.0 Å². The minimum Gasteiger partial charge on any atom is -0.346 e. The van der Waals surface area contributed by atoms with Crippen LogP contribution in [0.3, 0.4) is 0 Å². The van der Waals surface area contributed by atoms with Crippen molar-refractivity contribution in [2.24, 2.45) is 17.8 Å². The number of Topliss-reactive ketones (excluding diaryl/α,β-unsaturated/α-hetero) is 1. The van der Waals surface area contributed by atoms with Crippen LogP contribution in [0.15, 0.2) is 60.7 Å². The highest BCUT2D eigenvalue weighted by molar-refractivity contribution is 6.16. The van der Waals surface area contributed by atoms with Gasteiger partial charge in [-0.3, -0.25) is 29.3 Å². The standard InChI is InChI=1S/C29H30F3N3O5/c1-16(2)25(26(38)24-17(3)27(39)35-28(24)40)34-23(37)15-21(19-9-5-4-6-10-19)33-22(36)13-12-18-8-7-11-20(14-18)29(30,31)32/h4-14,16-17,21,24-25H,15H2,1-3H3,(H,33,36)(H,34,37)(H,35,39,40)/b13-12+/t17-,21+,24+,25+/m0/s1. The number of halogens is 3. The number of rotatable bonds is 10. The van der Waals surface area contributed by atoms with Crippen LogP contribution in [0.2, 0.25) is 0 Å². The largest absolute Gasteiger partial charge is 0.416 e. The topological polar surface area (TPSA) is 121 Å². The van der Waals surface area contributed by atoms with Gasteiger partial charge in [-0.25, -0.2) is 0 Å². The number of benzene rings is 2. The van der Waals surface area contributed by atoms with Gasteiger partial charge in [-0.15, -0.1) is 0 Å². The van der Waals surface area contributed by atoms with Crippen molar-refractivity contribution in [1.82, 2.24) is 16.0 Å². The molecule has 3 N–H and O–H groups in total. The first-order valence-corrected chi connectivity index (χ1v) is 12.7. The molecule has 2 aromatic rings. The molecule has 1 aliphatic rings. The van der Waals surface area contributed by atoms with E-state index >= 15 is 0 Å². The molecule has 4 atom stereocenters. The van der Waals surface area contributed by atoms with Crippen molar-refractivity contribution < 1.29 is 37.1 Å². The maximum Gasteiger partial charge on any atom is 0.416 e. The fourth-order valence-electron chi connectivity index (χ4n) is 4.39. The number of hydrogen-bond donors (Lipinski definition) is 3. The second kappa shape index (κ2) is 12.7. The maximum atomic E-state index is 13.2. The molecule has 212 valence electrons. The fraction of sp³-hybridized carbons (Fsp3) is 0.345. The van der Waals surface area contributed by atoms with Gasteiger partial charge in [-0.05, 0) is 35.3 Å². The van der Waals surface area contributed by atoms with Gasteiger partial charge in [0, 0.05) is 6.08 Å². The molecule has 0 radical (unpaired) electrons. The Morgan fingerprint density at radius 2 is 1.65 bits per heavy atom. The second-order valence-electron chi connectivity index (χ2n) is 9.94. The molecule has 0 unspecified atom stereocenters. The van der Waals surface area contributed by atoms with Crippen molar-refractivity contribution >= 4 is 35.5 Å². The Bertz CT molecular complexity index is 1310. The molecule has 0 aromatic heterocycles. The normalized spacial score (nSPS) is 18.9. The first-order valence-electron chi connectivity index (χ1n) is 12.7. The van der Waals surface area contributed by atoms with Gasteiger partial charge < -0.3 is 10.6 Å². The number of nitrogens with one attached hydrogen (secondary N) is 3. The van der Waals surface area contributed by atoms with Crippen LogP contribution in [-0.4, -0.2) is 35.5 Å². The van der Waals surface area contributed by atoms with E-state index in [4.69, 9.17) is 0 Å². The van der Waals surface area contributed by atoms with E-state index in [0.29, 0.717) is 5.56 Å². The van der Waals surface area contributed by atoms with Crippen LogP contribution in [-0.2, 0) is 30.1 Å². The van der Waals surface area contributed by atoms with E-state index < -0.39 is 71.0 Å². The van der Waals surface area contributed by atoms with Crippen molar-refractivity contribution in [2.75, 3.05) is 0 Å². The molecule has 1 fully saturated rings. The summed E-state index contributed by atoms with van der Waals surface area (Å²) >= 11 is 0. The number of carbonyl (C=O) groups excluding carboxylic acids is 5. The summed E-state index contributed by atoms with van der Waals surface area (Å²) in [5.74, 6) is -5.54. The van der Waals surface area contributed by atoms with Crippen LogP contribution in [0.5, 0.6) is 0 Å². The van der Waals surface area contributed by atoms with Crippen molar-refractivity contribution in [3.63, 3.8) is 0 Å². The van der Waals surface area contributed by atoms with Crippen LogP contribution < -0.4 is 16.0 Å². The van der Waals surface area contributed by atoms with Crippen LogP contribution in [0.25, 0.3) is 6.08 Å². The monoisotopic (exact) mass is 557 g/mol. The third-order valence-electron chi connectivity index (χ3n) is 6.59. The number of ketones is 1. The van der Waals surface area contributed by atoms with Gasteiger partial charge >= 0.3 is 6.18 Å². The molecule has 11 heteroatoms. The summed E-state index contributed by atoms with van der Waals surface area (Å²) in [4.78, 5) is 63.0. The quantitative estimate of drug-likeness (QED) is 0.234. The Morgan fingerprint density at radius 3 is 2.23 bits per heavy atom. The molecular formula is C29H30F3N3O5. The van der Waals surface area contributed by atoms with Crippen LogP contribution in [0, 0.1) is 17.8 Å². The molecule has 8 nitrogen and oxygen atoms in total. The molecule has 0 spiro atoms. The summed E-state index contributed by atoms with van der Waals surface area (Å²) in [6.07, 6.45) is -2.49. The fourth-order valence-corrected chi connectivity index (χ4v) is 4.39. The summed E-state index contributed by atoms with van der Waals surface area (Å²) < 4.78 is 39.0. The van der Waals surface area contributed by atoms with Crippen molar-refractivity contribution in [3.05, 3.63) is 77.4 Å². The first kappa shape index (κ1) is 30.3. The van der Waals surface area contributed by atoms with Gasteiger partial charge in [-0.1, -0.05) is 63.2 Å². The second-order valence-corrected chi connectivity index (χ2v) is 9.94. The van der Waals surface area contributed by atoms with E-state index in [1.165, 1.54) is 25.1 Å². The molecule has 1 heterocycles. The summed E-state index contributed by atoms with van der Waals surface area (Å²) in [6, 6.07) is 11.2. The lowest BCUT2D eigenvalue weighted by Gasteiger charge is -2.25. The Kier molecular flexibility index (Phi) is 9.62. The molecule has 0 aliphatic carbocycles. The van der Waals surface area contributed by atoms with E-state index in [0.717, 1.165) is 18.2 Å². The first-order chi connectivity index (χ1) is 18.8. The molecule has 1 saturated heterocycles. The average molecular weight is 558 g/mol. The predicted molar refractivity (Wildman–Crippen MR) is 140 cm³/mol. The molecule has 2 aromatic carbocycles. The lowest BCUT2D eigenvalue weighted by molar-refractivity contribution is -0.138. The summed E-state index contributed by atoms with van der Waals surface area (Å²) in [5.41, 5.74) is -0.0989. The number of alkyl halides is 3. The van der Waals surface area contributed by atoms with Crippen molar-refractivity contribution in [1.29, 1.82) is 0 Å². The number of carbonyl (C=O) groups is 5. The molecule has 4 amide bonds. The van der Waals surface area contributed by atoms with E-state index in [9.17, 15) is 37.1 Å². The number of amides is 4. The molecule has 0 bridgehead atoms. The van der Waals surface area contributed by atoms with E-state index in [1.54, 1.807) is 44.2 Å². The summed E-state index contributed by atoms with van der Waals surface area (Å²) in [6.45, 7) is 4.85. The number of hydrogen-bond acceptors (Lipinski definition) is 5. The zero-order valence-electron chi connectivity index (χ0n) is 22.1. The summed E-state index contributed by atoms with van der Waals surface area (Å²) in [5, 5.41) is 7.46. The molecule has 3 rings (SSSR count). The Labute approximate surface area is 229 Å². The molecule has 40 heavy (non-hydrogen) atoms. The van der Waals surface area contributed by atoms with Crippen molar-refractivity contribution in [3.8, 4) is 0 Å². The predicted octanol–water partition coefficient (Wildman–Crippen LogP) is 3.58. The smallest absolute Gasteiger partial charge is 0.346 e. The SMILES string of the molecule is CC(C)[C@@H](NC(=O)C[C@@H](NC(=O)/C=C/c1cccc(C(F)(F)F)c1)c1ccccc1)C(=O)[C@@H]1C(=O)NC(=O)[C@H]1C. The molecule has 0 saturated carbocycles. The van der Waals surface area contributed by atoms with Gasteiger partial charge in [0.2, 0.25) is 23.6 Å².